The summed E-state index contributed by atoms with van der Waals surface area (Å²) in [5.74, 6) is 3.66. The van der Waals surface area contributed by atoms with Crippen LogP contribution in [-0.4, -0.2) is 30.1 Å². The number of aliphatic hydroxyl groups excluding tert-OH is 1. The molecule has 3 aliphatic heterocycles. The Morgan fingerprint density at radius 2 is 1.41 bits per heavy atom. The summed E-state index contributed by atoms with van der Waals surface area (Å²) < 4.78 is 24.5. The maximum Gasteiger partial charge on any atom is 0.205 e. The average molecular weight is 465 g/mol. The number of aliphatic hydroxyl groups is 1. The van der Waals surface area contributed by atoms with Gasteiger partial charge in [-0.05, 0) is 72.8 Å². The zero-order valence-electron chi connectivity index (χ0n) is 20.3. The van der Waals surface area contributed by atoms with E-state index in [0.717, 1.165) is 34.8 Å². The van der Waals surface area contributed by atoms with Gasteiger partial charge in [0.1, 0.15) is 11.9 Å². The Morgan fingerprint density at radius 3 is 2.09 bits per heavy atom. The third-order valence-corrected chi connectivity index (χ3v) is 8.78. The van der Waals surface area contributed by atoms with Crippen LogP contribution >= 0.6 is 0 Å². The van der Waals surface area contributed by atoms with Gasteiger partial charge >= 0.3 is 0 Å². The quantitative estimate of drug-likeness (QED) is 0.569. The minimum Gasteiger partial charge on any atom is -0.465 e. The summed E-state index contributed by atoms with van der Waals surface area (Å²) in [5, 5.41) is 9.45. The Labute approximate surface area is 202 Å². The van der Waals surface area contributed by atoms with Gasteiger partial charge in [0.2, 0.25) is 6.29 Å². The van der Waals surface area contributed by atoms with E-state index in [4.69, 9.17) is 18.9 Å². The highest BCUT2D eigenvalue weighted by atomic mass is 16.8. The number of hydrogen-bond donors (Lipinski definition) is 1. The van der Waals surface area contributed by atoms with Crippen LogP contribution < -0.4 is 4.74 Å². The van der Waals surface area contributed by atoms with Gasteiger partial charge in [-0.15, -0.1) is 0 Å². The molecular weight excluding hydrogens is 428 g/mol. The fraction of sp³-hybridized carbons (Fsp3) is 0.586. The molecule has 1 saturated carbocycles. The fourth-order valence-corrected chi connectivity index (χ4v) is 6.66. The van der Waals surface area contributed by atoms with Gasteiger partial charge in [-0.2, -0.15) is 0 Å². The van der Waals surface area contributed by atoms with Crippen molar-refractivity contribution < 1.29 is 24.1 Å². The summed E-state index contributed by atoms with van der Waals surface area (Å²) in [4.78, 5) is 0. The van der Waals surface area contributed by atoms with Crippen LogP contribution in [-0.2, 0) is 14.2 Å². The second kappa shape index (κ2) is 8.94. The molecule has 2 aromatic rings. The molecule has 5 heteroatoms. The molecule has 0 spiro atoms. The van der Waals surface area contributed by atoms with Gasteiger partial charge in [0.15, 0.2) is 12.6 Å². The van der Waals surface area contributed by atoms with E-state index in [0.29, 0.717) is 23.7 Å². The van der Waals surface area contributed by atoms with Crippen LogP contribution in [0.3, 0.4) is 0 Å². The summed E-state index contributed by atoms with van der Waals surface area (Å²) in [7, 11) is 0. The number of hydrogen-bond acceptors (Lipinski definition) is 5. The molecule has 6 rings (SSSR count). The molecule has 3 heterocycles. The van der Waals surface area contributed by atoms with Gasteiger partial charge in [0, 0.05) is 11.8 Å². The van der Waals surface area contributed by atoms with Crippen LogP contribution in [0.2, 0.25) is 0 Å². The molecule has 34 heavy (non-hydrogen) atoms. The van der Waals surface area contributed by atoms with Gasteiger partial charge in [-0.1, -0.05) is 56.7 Å². The van der Waals surface area contributed by atoms with E-state index >= 15 is 0 Å². The standard InChI is InChI=1S/C29H36O5/c1-16-4-14-24-18(3)28(34-29-25(24)23(16)15-5-17(2)31-29)32-22-12-10-20(11-13-22)19-6-8-21(9-7-19)26-27(30)33-26/h6-13,16-18,23-30H,4-5,14-15H2,1-3H3/t16-,17?,18-,23+,24+,25?,26?,27?,28+,29+/m1/s1. The van der Waals surface area contributed by atoms with E-state index in [-0.39, 0.29) is 24.8 Å². The minimum atomic E-state index is -0.656. The van der Waals surface area contributed by atoms with Gasteiger partial charge in [0.05, 0.1) is 6.10 Å². The first-order valence-corrected chi connectivity index (χ1v) is 13.0. The highest BCUT2D eigenvalue weighted by molar-refractivity contribution is 5.64. The number of ether oxygens (including phenoxy) is 4. The molecule has 4 fully saturated rings. The van der Waals surface area contributed by atoms with Crippen molar-refractivity contribution in [1.29, 1.82) is 0 Å². The minimum absolute atomic E-state index is 0.164. The molecule has 0 aromatic heterocycles. The highest BCUT2D eigenvalue weighted by Gasteiger charge is 2.52. The van der Waals surface area contributed by atoms with Crippen molar-refractivity contribution in [3.8, 4) is 16.9 Å². The smallest absolute Gasteiger partial charge is 0.205 e. The van der Waals surface area contributed by atoms with E-state index in [1.165, 1.54) is 19.3 Å². The van der Waals surface area contributed by atoms with Crippen molar-refractivity contribution in [1.82, 2.24) is 0 Å². The molecule has 4 unspecified atom stereocenters. The molecule has 3 saturated heterocycles. The average Bonchev–Trinajstić information content (AvgIpc) is 3.60. The van der Waals surface area contributed by atoms with Crippen LogP contribution in [0, 0.1) is 29.6 Å². The Kier molecular flexibility index (Phi) is 5.93. The van der Waals surface area contributed by atoms with Crippen molar-refractivity contribution >= 4 is 0 Å². The molecule has 0 amide bonds. The Hall–Kier alpha value is -1.92. The molecule has 5 nitrogen and oxygen atoms in total. The molecule has 1 N–H and O–H groups in total. The predicted octanol–water partition coefficient (Wildman–Crippen LogP) is 5.92. The van der Waals surface area contributed by atoms with Crippen molar-refractivity contribution in [3.05, 3.63) is 54.1 Å². The molecule has 0 radical (unpaired) electrons. The van der Waals surface area contributed by atoms with Crippen LogP contribution in [0.15, 0.2) is 48.5 Å². The SMILES string of the molecule is CC1CC[C@@H]2C3[C@@H](O1)O[C@H](Oc1ccc(-c4ccc(C5OC5O)cc4)cc1)[C@H](C)[C@@H]3CC[C@H]2C. The number of epoxide rings is 1. The Balaban J connectivity index is 1.16. The van der Waals surface area contributed by atoms with E-state index in [1.54, 1.807) is 0 Å². The van der Waals surface area contributed by atoms with Crippen LogP contribution in [0.1, 0.15) is 58.1 Å². The summed E-state index contributed by atoms with van der Waals surface area (Å²) in [6, 6.07) is 16.4. The lowest BCUT2D eigenvalue weighted by atomic mass is 9.61. The van der Waals surface area contributed by atoms with E-state index in [2.05, 4.69) is 45.0 Å². The first-order chi connectivity index (χ1) is 16.5. The molecule has 1 aliphatic carbocycles. The van der Waals surface area contributed by atoms with E-state index in [9.17, 15) is 5.11 Å². The third kappa shape index (κ3) is 4.17. The normalized spacial score (nSPS) is 41.3. The van der Waals surface area contributed by atoms with Crippen molar-refractivity contribution in [3.63, 3.8) is 0 Å². The van der Waals surface area contributed by atoms with Crippen molar-refractivity contribution in [2.75, 3.05) is 0 Å². The molecule has 182 valence electrons. The monoisotopic (exact) mass is 464 g/mol. The largest absolute Gasteiger partial charge is 0.465 e. The first kappa shape index (κ1) is 22.5. The zero-order valence-corrected chi connectivity index (χ0v) is 20.3. The van der Waals surface area contributed by atoms with Crippen molar-refractivity contribution in [2.45, 2.75) is 77.5 Å². The molecule has 4 aliphatic rings. The topological polar surface area (TPSA) is 60.5 Å². The highest BCUT2D eigenvalue weighted by Crippen LogP contribution is 2.52. The van der Waals surface area contributed by atoms with E-state index < -0.39 is 6.29 Å². The Bertz CT molecular complexity index is 989. The number of benzene rings is 2. The van der Waals surface area contributed by atoms with E-state index in [1.807, 2.05) is 24.3 Å². The second-order valence-corrected chi connectivity index (χ2v) is 10.9. The number of rotatable bonds is 4. The lowest BCUT2D eigenvalue weighted by molar-refractivity contribution is -0.315. The predicted molar refractivity (Wildman–Crippen MR) is 129 cm³/mol. The van der Waals surface area contributed by atoms with Crippen LogP contribution in [0.25, 0.3) is 11.1 Å². The molecule has 10 atom stereocenters. The zero-order chi connectivity index (χ0) is 23.4. The van der Waals surface area contributed by atoms with Gasteiger partial charge < -0.3 is 24.1 Å². The molecule has 2 aromatic carbocycles. The third-order valence-electron chi connectivity index (χ3n) is 8.78. The summed E-state index contributed by atoms with van der Waals surface area (Å²) in [6.45, 7) is 6.89. The lowest BCUT2D eigenvalue weighted by Crippen LogP contribution is -2.54. The fourth-order valence-electron chi connectivity index (χ4n) is 6.66. The van der Waals surface area contributed by atoms with Crippen LogP contribution in [0.4, 0.5) is 0 Å². The van der Waals surface area contributed by atoms with Crippen molar-refractivity contribution in [2.24, 2.45) is 29.6 Å². The summed E-state index contributed by atoms with van der Waals surface area (Å²) in [6.07, 6.45) is 3.85. The van der Waals surface area contributed by atoms with Crippen LogP contribution in [0.5, 0.6) is 5.75 Å². The maximum absolute atomic E-state index is 9.45. The maximum atomic E-state index is 9.45. The first-order valence-electron chi connectivity index (χ1n) is 13.0. The second-order valence-electron chi connectivity index (χ2n) is 10.9. The molecular formula is C29H36O5. The Morgan fingerprint density at radius 1 is 0.765 bits per heavy atom. The molecule has 0 bridgehead atoms. The lowest BCUT2D eigenvalue weighted by Gasteiger charge is -2.51. The van der Waals surface area contributed by atoms with Gasteiger partial charge in [0.25, 0.3) is 0 Å². The van der Waals surface area contributed by atoms with Gasteiger partial charge in [-0.3, -0.25) is 0 Å². The summed E-state index contributed by atoms with van der Waals surface area (Å²) >= 11 is 0. The van der Waals surface area contributed by atoms with Gasteiger partial charge in [-0.25, -0.2) is 0 Å². The summed E-state index contributed by atoms with van der Waals surface area (Å²) in [5.41, 5.74) is 3.25.